The van der Waals surface area contributed by atoms with E-state index in [0.29, 0.717) is 11.5 Å². The fourth-order valence-electron chi connectivity index (χ4n) is 5.21. The number of rotatable bonds is 7. The van der Waals surface area contributed by atoms with Crippen LogP contribution >= 0.6 is 0 Å². The topological polar surface area (TPSA) is 9.23 Å². The van der Waals surface area contributed by atoms with E-state index in [1.807, 2.05) is 0 Å². The monoisotopic (exact) mass is 412 g/mol. The van der Waals surface area contributed by atoms with Crippen molar-refractivity contribution in [3.63, 3.8) is 0 Å². The maximum atomic E-state index is 14.0. The average Bonchev–Trinajstić information content (AvgIpc) is 2.70. The Morgan fingerprint density at radius 1 is 0.897 bits per heavy atom. The highest BCUT2D eigenvalue weighted by Gasteiger charge is 2.26. The maximum Gasteiger partial charge on any atom is 0.387 e. The normalized spacial score (nSPS) is 28.2. The first-order chi connectivity index (χ1) is 14.0. The first-order valence-corrected chi connectivity index (χ1v) is 11.0. The molecule has 0 N–H and O–H groups in total. The van der Waals surface area contributed by atoms with Crippen molar-refractivity contribution in [2.24, 2.45) is 17.8 Å². The van der Waals surface area contributed by atoms with Gasteiger partial charge in [-0.2, -0.15) is 8.78 Å². The van der Waals surface area contributed by atoms with Gasteiger partial charge in [-0.1, -0.05) is 25.0 Å². The molecule has 0 aliphatic heterocycles. The number of allylic oxidation sites excluding steroid dienone is 2. The molecule has 1 aromatic rings. The molecule has 162 valence electrons. The average molecular weight is 413 g/mol. The van der Waals surface area contributed by atoms with Crippen LogP contribution in [0.4, 0.5) is 17.6 Å². The summed E-state index contributed by atoms with van der Waals surface area (Å²) in [4.78, 5) is 0. The summed E-state index contributed by atoms with van der Waals surface area (Å²) < 4.78 is 56.5. The van der Waals surface area contributed by atoms with E-state index in [0.717, 1.165) is 49.7 Å². The van der Waals surface area contributed by atoms with Crippen LogP contribution in [0.5, 0.6) is 5.75 Å². The highest BCUT2D eigenvalue weighted by Crippen LogP contribution is 2.41. The first-order valence-electron chi connectivity index (χ1n) is 11.0. The van der Waals surface area contributed by atoms with Crippen molar-refractivity contribution < 1.29 is 22.3 Å². The number of ether oxygens (including phenoxy) is 1. The summed E-state index contributed by atoms with van der Waals surface area (Å²) in [6.07, 6.45) is 16.2. The van der Waals surface area contributed by atoms with Crippen LogP contribution in [0.1, 0.15) is 82.6 Å². The lowest BCUT2D eigenvalue weighted by atomic mass is 9.74. The molecule has 3 rings (SSSR count). The van der Waals surface area contributed by atoms with Gasteiger partial charge in [-0.15, -0.1) is 0 Å². The van der Waals surface area contributed by atoms with Gasteiger partial charge in [0.25, 0.3) is 0 Å². The predicted octanol–water partition coefficient (Wildman–Crippen LogP) is 8.00. The highest BCUT2D eigenvalue weighted by molar-refractivity contribution is 5.33. The van der Waals surface area contributed by atoms with Gasteiger partial charge in [0.15, 0.2) is 17.4 Å². The van der Waals surface area contributed by atoms with Crippen LogP contribution in [-0.2, 0) is 0 Å². The van der Waals surface area contributed by atoms with Crippen LogP contribution in [0.3, 0.4) is 0 Å². The molecule has 0 aromatic heterocycles. The molecule has 29 heavy (non-hydrogen) atoms. The Labute approximate surface area is 171 Å². The SMILES string of the molecule is CC=CC1CCC(CCC2CCC(c3cc(F)c(OC(F)F)c(F)c3)CC2)CC1. The lowest BCUT2D eigenvalue weighted by Gasteiger charge is -2.31. The van der Waals surface area contributed by atoms with Crippen molar-refractivity contribution in [3.8, 4) is 5.75 Å². The van der Waals surface area contributed by atoms with Gasteiger partial charge in [-0.3, -0.25) is 0 Å². The summed E-state index contributed by atoms with van der Waals surface area (Å²) >= 11 is 0. The van der Waals surface area contributed by atoms with E-state index in [2.05, 4.69) is 23.8 Å². The van der Waals surface area contributed by atoms with Gasteiger partial charge in [0, 0.05) is 0 Å². The van der Waals surface area contributed by atoms with Crippen LogP contribution in [0.15, 0.2) is 24.3 Å². The Hall–Kier alpha value is -1.52. The minimum atomic E-state index is -3.24. The molecule has 0 spiro atoms. The van der Waals surface area contributed by atoms with Crippen molar-refractivity contribution >= 4 is 0 Å². The van der Waals surface area contributed by atoms with Gasteiger partial charge in [-0.25, -0.2) is 8.78 Å². The molecule has 0 amide bonds. The van der Waals surface area contributed by atoms with Gasteiger partial charge in [-0.05, 0) is 99.7 Å². The van der Waals surface area contributed by atoms with E-state index < -0.39 is 24.0 Å². The van der Waals surface area contributed by atoms with E-state index in [1.165, 1.54) is 38.5 Å². The zero-order valence-corrected chi connectivity index (χ0v) is 17.2. The molecule has 1 aromatic carbocycles. The molecule has 2 aliphatic rings. The van der Waals surface area contributed by atoms with Gasteiger partial charge >= 0.3 is 6.61 Å². The zero-order chi connectivity index (χ0) is 20.8. The second kappa shape index (κ2) is 10.5. The Morgan fingerprint density at radius 3 is 1.90 bits per heavy atom. The van der Waals surface area contributed by atoms with Crippen molar-refractivity contribution in [1.82, 2.24) is 0 Å². The Morgan fingerprint density at radius 2 is 1.41 bits per heavy atom. The second-order valence-electron chi connectivity index (χ2n) is 8.79. The molecule has 0 bridgehead atoms. The van der Waals surface area contributed by atoms with Gasteiger partial charge < -0.3 is 4.74 Å². The Bertz CT molecular complexity index is 648. The van der Waals surface area contributed by atoms with Crippen LogP contribution in [0.2, 0.25) is 0 Å². The molecule has 0 heterocycles. The van der Waals surface area contributed by atoms with Crippen molar-refractivity contribution in [1.29, 1.82) is 0 Å². The van der Waals surface area contributed by atoms with Gasteiger partial charge in [0.05, 0.1) is 0 Å². The summed E-state index contributed by atoms with van der Waals surface area (Å²) in [5.74, 6) is -0.680. The molecular weight excluding hydrogens is 380 g/mol. The predicted molar refractivity (Wildman–Crippen MR) is 107 cm³/mol. The molecule has 2 fully saturated rings. The molecule has 2 aliphatic carbocycles. The quantitative estimate of drug-likeness (QED) is 0.326. The van der Waals surface area contributed by atoms with Crippen molar-refractivity contribution in [2.45, 2.75) is 83.7 Å². The lowest BCUT2D eigenvalue weighted by molar-refractivity contribution is -0.0546. The van der Waals surface area contributed by atoms with Crippen LogP contribution in [-0.4, -0.2) is 6.61 Å². The zero-order valence-electron chi connectivity index (χ0n) is 17.2. The molecule has 0 unspecified atom stereocenters. The lowest BCUT2D eigenvalue weighted by Crippen LogP contribution is -2.17. The second-order valence-corrected chi connectivity index (χ2v) is 8.79. The summed E-state index contributed by atoms with van der Waals surface area (Å²) in [6.45, 7) is -1.14. The van der Waals surface area contributed by atoms with E-state index in [-0.39, 0.29) is 5.92 Å². The maximum absolute atomic E-state index is 14.0. The highest BCUT2D eigenvalue weighted by atomic mass is 19.3. The molecule has 0 radical (unpaired) electrons. The number of hydrogen-bond donors (Lipinski definition) is 0. The smallest absolute Gasteiger partial charge is 0.387 e. The molecule has 2 saturated carbocycles. The van der Waals surface area contributed by atoms with Crippen LogP contribution < -0.4 is 4.74 Å². The van der Waals surface area contributed by atoms with Gasteiger partial charge in [0.1, 0.15) is 0 Å². The third-order valence-electron chi connectivity index (χ3n) is 6.88. The molecule has 0 atom stereocenters. The third kappa shape index (κ3) is 6.23. The first kappa shape index (κ1) is 22.2. The molecule has 1 nitrogen and oxygen atoms in total. The fraction of sp³-hybridized carbons (Fsp3) is 0.667. The summed E-state index contributed by atoms with van der Waals surface area (Å²) in [5.41, 5.74) is 0.558. The number of hydrogen-bond acceptors (Lipinski definition) is 1. The van der Waals surface area contributed by atoms with E-state index in [1.54, 1.807) is 0 Å². The van der Waals surface area contributed by atoms with E-state index >= 15 is 0 Å². The van der Waals surface area contributed by atoms with E-state index in [9.17, 15) is 17.6 Å². The third-order valence-corrected chi connectivity index (χ3v) is 6.88. The standard InChI is InChI=1S/C24H32F4O/c1-2-3-16-4-6-17(7-5-16)8-9-18-10-12-19(13-11-18)20-14-21(25)23(22(26)15-20)29-24(27)28/h2-3,14-19,24H,4-13H2,1H3. The summed E-state index contributed by atoms with van der Waals surface area (Å²) in [6, 6.07) is 2.32. The number of alkyl halides is 2. The minimum absolute atomic E-state index is 0.0899. The van der Waals surface area contributed by atoms with E-state index in [4.69, 9.17) is 0 Å². The van der Waals surface area contributed by atoms with Crippen molar-refractivity contribution in [3.05, 3.63) is 41.5 Å². The summed E-state index contributed by atoms with van der Waals surface area (Å²) in [5, 5.41) is 0. The number of halogens is 4. The molecule has 5 heteroatoms. The van der Waals surface area contributed by atoms with Crippen LogP contribution in [0, 0.1) is 29.4 Å². The minimum Gasteiger partial charge on any atom is -0.429 e. The fourth-order valence-corrected chi connectivity index (χ4v) is 5.21. The van der Waals surface area contributed by atoms with Crippen LogP contribution in [0.25, 0.3) is 0 Å². The molecular formula is C24H32F4O. The Balaban J connectivity index is 1.45. The van der Waals surface area contributed by atoms with Crippen molar-refractivity contribution in [2.75, 3.05) is 0 Å². The largest absolute Gasteiger partial charge is 0.429 e. The van der Waals surface area contributed by atoms with Gasteiger partial charge in [0.2, 0.25) is 0 Å². The number of benzene rings is 1. The summed E-state index contributed by atoms with van der Waals surface area (Å²) in [7, 11) is 0. The Kier molecular flexibility index (Phi) is 8.02. The molecule has 0 saturated heterocycles.